The normalized spacial score (nSPS) is 18.6. The van der Waals surface area contributed by atoms with Crippen LogP contribution >= 0.6 is 0 Å². The number of amides is 3. The van der Waals surface area contributed by atoms with E-state index in [1.165, 1.54) is 43.7 Å². The molecule has 3 rings (SSSR count). The number of ether oxygens (including phenoxy) is 2. The van der Waals surface area contributed by atoms with Crippen molar-refractivity contribution in [3.63, 3.8) is 0 Å². The van der Waals surface area contributed by atoms with E-state index in [1.807, 2.05) is 0 Å². The van der Waals surface area contributed by atoms with Gasteiger partial charge in [-0.15, -0.1) is 5.01 Å². The highest BCUT2D eigenvalue weighted by Gasteiger charge is 2.46. The first kappa shape index (κ1) is 21.0. The van der Waals surface area contributed by atoms with E-state index in [9.17, 15) is 18.8 Å². The average molecular weight is 413 g/mol. The zero-order valence-electron chi connectivity index (χ0n) is 16.6. The Bertz CT molecular complexity index is 1040. The number of rotatable bonds is 6. The van der Waals surface area contributed by atoms with E-state index >= 15 is 0 Å². The average Bonchev–Trinajstić information content (AvgIpc) is 2.96. The van der Waals surface area contributed by atoms with Crippen molar-refractivity contribution in [3.8, 4) is 11.5 Å². The van der Waals surface area contributed by atoms with E-state index < -0.39 is 29.3 Å². The first-order valence-electron chi connectivity index (χ1n) is 9.14. The second kappa shape index (κ2) is 8.32. The summed E-state index contributed by atoms with van der Waals surface area (Å²) in [6.45, 7) is 3.42. The first-order chi connectivity index (χ1) is 14.3. The molecular formula is C21H20FN3O5. The fraction of sp³-hybridized carbons (Fsp3) is 0.238. The second-order valence-electron chi connectivity index (χ2n) is 6.76. The number of methoxy groups -OCH3 is 1. The van der Waals surface area contributed by atoms with Crippen LogP contribution in [0.5, 0.6) is 11.5 Å². The van der Waals surface area contributed by atoms with E-state index in [2.05, 4.69) is 10.4 Å². The molecule has 0 radical (unpaired) electrons. The Morgan fingerprint density at radius 3 is 2.60 bits per heavy atom. The first-order valence-corrected chi connectivity index (χ1v) is 9.14. The Morgan fingerprint density at radius 2 is 1.97 bits per heavy atom. The van der Waals surface area contributed by atoms with Gasteiger partial charge in [0.25, 0.3) is 5.91 Å². The molecule has 3 amide bonds. The van der Waals surface area contributed by atoms with Gasteiger partial charge in [0.15, 0.2) is 11.5 Å². The lowest BCUT2D eigenvalue weighted by Crippen LogP contribution is -2.42. The molecule has 0 saturated carbocycles. The molecule has 1 heterocycles. The molecule has 0 bridgehead atoms. The summed E-state index contributed by atoms with van der Waals surface area (Å²) in [5.74, 6) is -1.74. The van der Waals surface area contributed by atoms with Crippen molar-refractivity contribution in [3.05, 3.63) is 59.4 Å². The summed E-state index contributed by atoms with van der Waals surface area (Å²) in [4.78, 5) is 36.6. The minimum absolute atomic E-state index is 0.0800. The molecule has 0 spiro atoms. The van der Waals surface area contributed by atoms with Crippen molar-refractivity contribution in [1.29, 1.82) is 0 Å². The summed E-state index contributed by atoms with van der Waals surface area (Å²) in [6, 6.07) is 9.35. The number of halogens is 1. The smallest absolute Gasteiger partial charge is 0.346 e. The maximum absolute atomic E-state index is 13.8. The molecule has 8 nitrogen and oxygen atoms in total. The molecule has 1 aliphatic heterocycles. The minimum atomic E-state index is -0.989. The van der Waals surface area contributed by atoms with E-state index in [0.29, 0.717) is 12.0 Å². The highest BCUT2D eigenvalue weighted by atomic mass is 19.1. The summed E-state index contributed by atoms with van der Waals surface area (Å²) >= 11 is 0. The van der Waals surface area contributed by atoms with E-state index in [0.717, 1.165) is 11.1 Å². The number of nitrogens with zero attached hydrogens (tertiary/aromatic N) is 2. The van der Waals surface area contributed by atoms with Gasteiger partial charge in [-0.2, -0.15) is 5.10 Å². The maximum Gasteiger partial charge on any atom is 0.346 e. The Morgan fingerprint density at radius 1 is 1.23 bits per heavy atom. The Labute approximate surface area is 172 Å². The molecule has 2 aromatic rings. The largest absolute Gasteiger partial charge is 0.493 e. The number of carbonyl (C=O) groups is 3. The van der Waals surface area contributed by atoms with Gasteiger partial charge < -0.3 is 14.8 Å². The standard InChI is InChI=1S/C21H20FN3O5/c1-4-21(2)19(27)25(20(28)24-21)23-12-13-9-10-16(17(11-13)29-3)30-18(26)14-7-5-6-8-15(14)22/h5-12H,4H2,1-3H3,(H,24,28)/b23-12-/t21-/m0/s1. The Hall–Kier alpha value is -3.75. The topological polar surface area (TPSA) is 97.3 Å². The molecule has 0 aromatic heterocycles. The SMILES string of the molecule is CC[C@]1(C)NC(=O)N(/N=C\c2ccc(OC(=O)c3ccccc3F)c(OC)c2)C1=O. The van der Waals surface area contributed by atoms with E-state index in [-0.39, 0.29) is 17.1 Å². The summed E-state index contributed by atoms with van der Waals surface area (Å²) in [7, 11) is 1.38. The van der Waals surface area contributed by atoms with Gasteiger partial charge in [-0.05, 0) is 49.2 Å². The molecule has 9 heteroatoms. The number of hydrogen-bond donors (Lipinski definition) is 1. The zero-order valence-corrected chi connectivity index (χ0v) is 16.6. The van der Waals surface area contributed by atoms with Crippen LogP contribution < -0.4 is 14.8 Å². The molecule has 1 saturated heterocycles. The van der Waals surface area contributed by atoms with Crippen LogP contribution in [0.2, 0.25) is 0 Å². The Kier molecular flexibility index (Phi) is 5.81. The van der Waals surface area contributed by atoms with Gasteiger partial charge in [0.2, 0.25) is 0 Å². The summed E-state index contributed by atoms with van der Waals surface area (Å²) in [6.07, 6.45) is 1.74. The van der Waals surface area contributed by atoms with Crippen LogP contribution in [0.4, 0.5) is 9.18 Å². The quantitative estimate of drug-likeness (QED) is 0.340. The van der Waals surface area contributed by atoms with Crippen LogP contribution in [0, 0.1) is 5.82 Å². The predicted molar refractivity (Wildman–Crippen MR) is 106 cm³/mol. The zero-order chi connectivity index (χ0) is 21.9. The molecule has 156 valence electrons. The van der Waals surface area contributed by atoms with Gasteiger partial charge in [-0.25, -0.2) is 14.0 Å². The number of nitrogens with one attached hydrogen (secondary N) is 1. The monoisotopic (exact) mass is 413 g/mol. The fourth-order valence-electron chi connectivity index (χ4n) is 2.77. The number of esters is 1. The van der Waals surface area contributed by atoms with Crippen molar-refractivity contribution in [2.24, 2.45) is 5.10 Å². The minimum Gasteiger partial charge on any atom is -0.493 e. The number of hydrogen-bond acceptors (Lipinski definition) is 6. The third kappa shape index (κ3) is 4.00. The molecule has 1 fully saturated rings. The van der Waals surface area contributed by atoms with Crippen molar-refractivity contribution in [2.45, 2.75) is 25.8 Å². The maximum atomic E-state index is 13.8. The number of carbonyl (C=O) groups excluding carboxylic acids is 3. The van der Waals surface area contributed by atoms with Crippen molar-refractivity contribution in [1.82, 2.24) is 10.3 Å². The molecular weight excluding hydrogens is 393 g/mol. The van der Waals surface area contributed by atoms with Crippen LogP contribution in [0.1, 0.15) is 36.2 Å². The lowest BCUT2D eigenvalue weighted by molar-refractivity contribution is -0.130. The van der Waals surface area contributed by atoms with E-state index in [1.54, 1.807) is 19.9 Å². The number of hydrazone groups is 1. The molecule has 0 aliphatic carbocycles. The third-order valence-electron chi connectivity index (χ3n) is 4.75. The Balaban J connectivity index is 1.78. The van der Waals surface area contributed by atoms with Crippen molar-refractivity contribution in [2.75, 3.05) is 7.11 Å². The van der Waals surface area contributed by atoms with Crippen LogP contribution in [0.25, 0.3) is 0 Å². The van der Waals surface area contributed by atoms with Gasteiger partial charge in [-0.3, -0.25) is 4.79 Å². The predicted octanol–water partition coefficient (Wildman–Crippen LogP) is 3.11. The number of imide groups is 1. The highest BCUT2D eigenvalue weighted by molar-refractivity contribution is 6.07. The lowest BCUT2D eigenvalue weighted by Gasteiger charge is -2.17. The summed E-state index contributed by atoms with van der Waals surface area (Å²) in [5, 5.41) is 7.32. The summed E-state index contributed by atoms with van der Waals surface area (Å²) < 4.78 is 24.2. The van der Waals surface area contributed by atoms with E-state index in [4.69, 9.17) is 9.47 Å². The molecule has 30 heavy (non-hydrogen) atoms. The molecule has 1 N–H and O–H groups in total. The molecule has 1 aliphatic rings. The van der Waals surface area contributed by atoms with Gasteiger partial charge in [0.05, 0.1) is 18.9 Å². The van der Waals surface area contributed by atoms with Crippen molar-refractivity contribution >= 4 is 24.1 Å². The van der Waals surface area contributed by atoms with Crippen LogP contribution in [0.3, 0.4) is 0 Å². The van der Waals surface area contributed by atoms with Gasteiger partial charge in [0.1, 0.15) is 11.4 Å². The lowest BCUT2D eigenvalue weighted by atomic mass is 10.00. The van der Waals surface area contributed by atoms with Crippen LogP contribution in [-0.2, 0) is 4.79 Å². The molecule has 1 atom stereocenters. The number of urea groups is 1. The summed E-state index contributed by atoms with van der Waals surface area (Å²) in [5.41, 5.74) is -0.706. The number of benzene rings is 2. The van der Waals surface area contributed by atoms with Gasteiger partial charge >= 0.3 is 12.0 Å². The van der Waals surface area contributed by atoms with Gasteiger partial charge in [0, 0.05) is 0 Å². The molecule has 0 unspecified atom stereocenters. The van der Waals surface area contributed by atoms with Crippen molar-refractivity contribution < 1.29 is 28.2 Å². The van der Waals surface area contributed by atoms with Gasteiger partial charge in [-0.1, -0.05) is 19.1 Å². The van der Waals surface area contributed by atoms with Crippen LogP contribution in [0.15, 0.2) is 47.6 Å². The highest BCUT2D eigenvalue weighted by Crippen LogP contribution is 2.29. The second-order valence-corrected chi connectivity index (χ2v) is 6.76. The third-order valence-corrected chi connectivity index (χ3v) is 4.75. The molecule has 2 aromatic carbocycles. The van der Waals surface area contributed by atoms with Crippen LogP contribution in [-0.4, -0.2) is 41.8 Å². The fourth-order valence-corrected chi connectivity index (χ4v) is 2.77.